The van der Waals surface area contributed by atoms with Crippen LogP contribution in [0.3, 0.4) is 0 Å². The van der Waals surface area contributed by atoms with Crippen molar-refractivity contribution in [1.82, 2.24) is 4.90 Å². The molecule has 1 rings (SSSR count). The first-order valence-electron chi connectivity index (χ1n) is 7.73. The van der Waals surface area contributed by atoms with Crippen molar-refractivity contribution < 1.29 is 19.4 Å². The molecule has 0 aliphatic rings. The highest BCUT2D eigenvalue weighted by molar-refractivity contribution is 5.82. The summed E-state index contributed by atoms with van der Waals surface area (Å²) in [6, 6.07) is 9.34. The quantitative estimate of drug-likeness (QED) is 0.817. The zero-order chi connectivity index (χ0) is 17.8. The average Bonchev–Trinajstić information content (AvgIpc) is 2.47. The molecule has 1 amide bonds. The van der Waals surface area contributed by atoms with Gasteiger partial charge in [0.25, 0.3) is 0 Å². The molecule has 128 valence electrons. The molecule has 0 aliphatic carbocycles. The van der Waals surface area contributed by atoms with Crippen molar-refractivity contribution in [2.24, 2.45) is 5.92 Å². The van der Waals surface area contributed by atoms with Gasteiger partial charge < -0.3 is 14.7 Å². The maximum atomic E-state index is 12.6. The van der Waals surface area contributed by atoms with E-state index in [1.165, 1.54) is 11.8 Å². The molecule has 1 aromatic carbocycles. The lowest BCUT2D eigenvalue weighted by Crippen LogP contribution is -2.55. The standard InChI is InChI=1S/C18H27NO4/c1-13(2)18(22,12-19(6)14(3)20)16(21)23-17(4,5)15-10-8-7-9-11-15/h7-11,13,22H,12H2,1-6H3. The molecule has 0 fully saturated rings. The number of hydrogen-bond acceptors (Lipinski definition) is 4. The lowest BCUT2D eigenvalue weighted by Gasteiger charge is -2.36. The molecule has 5 nitrogen and oxygen atoms in total. The van der Waals surface area contributed by atoms with Crippen LogP contribution in [0.4, 0.5) is 0 Å². The Morgan fingerprint density at radius 1 is 1.22 bits per heavy atom. The number of carbonyl (C=O) groups excluding carboxylic acids is 2. The normalized spacial score (nSPS) is 14.3. The molecule has 0 aliphatic heterocycles. The highest BCUT2D eigenvalue weighted by atomic mass is 16.6. The molecule has 0 saturated heterocycles. The van der Waals surface area contributed by atoms with E-state index in [2.05, 4.69) is 0 Å². The second-order valence-corrected chi connectivity index (χ2v) is 6.72. The molecular formula is C18H27NO4. The number of rotatable bonds is 6. The number of hydrogen-bond donors (Lipinski definition) is 1. The van der Waals surface area contributed by atoms with Crippen molar-refractivity contribution in [3.63, 3.8) is 0 Å². The van der Waals surface area contributed by atoms with E-state index in [1.807, 2.05) is 30.3 Å². The van der Waals surface area contributed by atoms with E-state index in [1.54, 1.807) is 34.7 Å². The van der Waals surface area contributed by atoms with Crippen molar-refractivity contribution in [2.75, 3.05) is 13.6 Å². The first-order valence-corrected chi connectivity index (χ1v) is 7.73. The molecule has 0 saturated carbocycles. The summed E-state index contributed by atoms with van der Waals surface area (Å²) in [6.07, 6.45) is 0. The summed E-state index contributed by atoms with van der Waals surface area (Å²) in [5, 5.41) is 10.8. The Balaban J connectivity index is 3.01. The zero-order valence-corrected chi connectivity index (χ0v) is 14.8. The third kappa shape index (κ3) is 4.55. The topological polar surface area (TPSA) is 66.8 Å². The molecule has 23 heavy (non-hydrogen) atoms. The van der Waals surface area contributed by atoms with E-state index >= 15 is 0 Å². The van der Waals surface area contributed by atoms with Crippen LogP contribution in [-0.4, -0.2) is 41.1 Å². The molecule has 1 N–H and O–H groups in total. The van der Waals surface area contributed by atoms with Crippen LogP contribution >= 0.6 is 0 Å². The fourth-order valence-electron chi connectivity index (χ4n) is 2.17. The number of aliphatic hydroxyl groups is 1. The first-order chi connectivity index (χ1) is 10.5. The predicted molar refractivity (Wildman–Crippen MR) is 88.7 cm³/mol. The summed E-state index contributed by atoms with van der Waals surface area (Å²) in [7, 11) is 1.55. The Morgan fingerprint density at radius 3 is 2.17 bits per heavy atom. The molecule has 0 heterocycles. The van der Waals surface area contributed by atoms with Crippen LogP contribution in [0.2, 0.25) is 0 Å². The second-order valence-electron chi connectivity index (χ2n) is 6.72. The van der Waals surface area contributed by atoms with Crippen LogP contribution in [-0.2, 0) is 19.9 Å². The van der Waals surface area contributed by atoms with Gasteiger partial charge in [-0.3, -0.25) is 4.79 Å². The molecular weight excluding hydrogens is 294 g/mol. The van der Waals surface area contributed by atoms with Gasteiger partial charge in [0, 0.05) is 14.0 Å². The number of benzene rings is 1. The van der Waals surface area contributed by atoms with Crippen molar-refractivity contribution in [3.05, 3.63) is 35.9 Å². The monoisotopic (exact) mass is 321 g/mol. The number of esters is 1. The number of likely N-dealkylation sites (N-methyl/N-ethyl adjacent to an activating group) is 1. The van der Waals surface area contributed by atoms with Crippen LogP contribution in [0.5, 0.6) is 0 Å². The minimum absolute atomic E-state index is 0.107. The molecule has 0 bridgehead atoms. The third-order valence-electron chi connectivity index (χ3n) is 4.14. The fraction of sp³-hybridized carbons (Fsp3) is 0.556. The summed E-state index contributed by atoms with van der Waals surface area (Å²) in [6.45, 7) is 8.28. The zero-order valence-electron chi connectivity index (χ0n) is 14.8. The van der Waals surface area contributed by atoms with Crippen LogP contribution in [0.1, 0.15) is 40.2 Å². The van der Waals surface area contributed by atoms with Crippen molar-refractivity contribution in [3.8, 4) is 0 Å². The largest absolute Gasteiger partial charge is 0.453 e. The van der Waals surface area contributed by atoms with Crippen molar-refractivity contribution in [2.45, 2.75) is 45.8 Å². The maximum absolute atomic E-state index is 12.6. The molecule has 5 heteroatoms. The minimum Gasteiger partial charge on any atom is -0.453 e. The van der Waals surface area contributed by atoms with E-state index in [0.29, 0.717) is 0 Å². The second kappa shape index (κ2) is 7.13. The summed E-state index contributed by atoms with van der Waals surface area (Å²) in [4.78, 5) is 25.4. The van der Waals surface area contributed by atoms with E-state index in [-0.39, 0.29) is 12.5 Å². The molecule has 1 atom stereocenters. The van der Waals surface area contributed by atoms with E-state index < -0.39 is 23.1 Å². The van der Waals surface area contributed by atoms with Gasteiger partial charge in [-0.1, -0.05) is 44.2 Å². The number of nitrogens with zero attached hydrogens (tertiary/aromatic N) is 1. The lowest BCUT2D eigenvalue weighted by atomic mass is 9.89. The van der Waals surface area contributed by atoms with E-state index in [9.17, 15) is 14.7 Å². The summed E-state index contributed by atoms with van der Waals surface area (Å²) < 4.78 is 5.60. The van der Waals surface area contributed by atoms with E-state index in [0.717, 1.165) is 5.56 Å². The van der Waals surface area contributed by atoms with Crippen LogP contribution in [0.15, 0.2) is 30.3 Å². The Bertz CT molecular complexity index is 553. The molecule has 0 spiro atoms. The van der Waals surface area contributed by atoms with Gasteiger partial charge in [-0.25, -0.2) is 4.79 Å². The van der Waals surface area contributed by atoms with Gasteiger partial charge in [0.2, 0.25) is 5.91 Å². The van der Waals surface area contributed by atoms with Gasteiger partial charge in [0.05, 0.1) is 6.54 Å². The average molecular weight is 321 g/mol. The Morgan fingerprint density at radius 2 is 1.74 bits per heavy atom. The SMILES string of the molecule is CC(=O)N(C)CC(O)(C(=O)OC(C)(C)c1ccccc1)C(C)C. The number of carbonyl (C=O) groups is 2. The Hall–Kier alpha value is -1.88. The van der Waals surface area contributed by atoms with Crippen molar-refractivity contribution in [1.29, 1.82) is 0 Å². The highest BCUT2D eigenvalue weighted by Crippen LogP contribution is 2.29. The van der Waals surface area contributed by atoms with Gasteiger partial charge in [-0.05, 0) is 25.3 Å². The van der Waals surface area contributed by atoms with E-state index in [4.69, 9.17) is 4.74 Å². The summed E-state index contributed by atoms with van der Waals surface area (Å²) in [5.74, 6) is -1.35. The van der Waals surface area contributed by atoms with Crippen LogP contribution in [0.25, 0.3) is 0 Å². The van der Waals surface area contributed by atoms with Gasteiger partial charge in [-0.2, -0.15) is 0 Å². The smallest absolute Gasteiger partial charge is 0.341 e. The summed E-state index contributed by atoms with van der Waals surface area (Å²) in [5.41, 5.74) is -1.80. The Labute approximate surface area is 138 Å². The van der Waals surface area contributed by atoms with Crippen molar-refractivity contribution >= 4 is 11.9 Å². The summed E-state index contributed by atoms with van der Waals surface area (Å²) >= 11 is 0. The van der Waals surface area contributed by atoms with Gasteiger partial charge in [0.1, 0.15) is 5.60 Å². The number of ether oxygens (including phenoxy) is 1. The highest BCUT2D eigenvalue weighted by Gasteiger charge is 2.45. The molecule has 1 unspecified atom stereocenters. The third-order valence-corrected chi connectivity index (χ3v) is 4.14. The predicted octanol–water partition coefficient (Wildman–Crippen LogP) is 2.33. The lowest BCUT2D eigenvalue weighted by molar-refractivity contribution is -0.187. The fourth-order valence-corrected chi connectivity index (χ4v) is 2.17. The number of amides is 1. The maximum Gasteiger partial charge on any atom is 0.341 e. The van der Waals surface area contributed by atoms with Gasteiger partial charge in [-0.15, -0.1) is 0 Å². The van der Waals surface area contributed by atoms with Gasteiger partial charge in [0.15, 0.2) is 5.60 Å². The molecule has 0 radical (unpaired) electrons. The molecule has 1 aromatic rings. The van der Waals surface area contributed by atoms with Gasteiger partial charge >= 0.3 is 5.97 Å². The first kappa shape index (κ1) is 19.2. The van der Waals surface area contributed by atoms with Crippen LogP contribution < -0.4 is 0 Å². The minimum atomic E-state index is -1.76. The molecule has 0 aromatic heterocycles. The Kier molecular flexibility index (Phi) is 5.94. The van der Waals surface area contributed by atoms with Crippen LogP contribution in [0, 0.1) is 5.92 Å².